The third-order valence-electron chi connectivity index (χ3n) is 5.93. The summed E-state index contributed by atoms with van der Waals surface area (Å²) >= 11 is 5.79. The SMILES string of the molecule is Nc1ccc(CN2C(=O)C(c3ccccc3)=C(Nc3ccc(N4CCOCC4)cc3)C2=S)cn1. The van der Waals surface area contributed by atoms with Crippen molar-refractivity contribution in [1.82, 2.24) is 9.88 Å². The number of morpholine rings is 1. The van der Waals surface area contributed by atoms with Gasteiger partial charge in [0.2, 0.25) is 0 Å². The van der Waals surface area contributed by atoms with Crippen molar-refractivity contribution in [1.29, 1.82) is 0 Å². The van der Waals surface area contributed by atoms with E-state index in [4.69, 9.17) is 22.7 Å². The molecule has 1 aromatic heterocycles. The minimum Gasteiger partial charge on any atom is -0.384 e. The van der Waals surface area contributed by atoms with Crippen molar-refractivity contribution in [3.63, 3.8) is 0 Å². The Kier molecular flexibility index (Phi) is 6.24. The second kappa shape index (κ2) is 9.62. The summed E-state index contributed by atoms with van der Waals surface area (Å²) in [7, 11) is 0. The van der Waals surface area contributed by atoms with Gasteiger partial charge in [0, 0.05) is 30.7 Å². The van der Waals surface area contributed by atoms with Gasteiger partial charge in [0.15, 0.2) is 0 Å². The minimum atomic E-state index is -0.138. The quantitative estimate of drug-likeness (QED) is 0.531. The number of thiocarbonyl (C=S) groups is 1. The smallest absolute Gasteiger partial charge is 0.262 e. The minimum absolute atomic E-state index is 0.138. The Morgan fingerprint density at radius 3 is 2.41 bits per heavy atom. The van der Waals surface area contributed by atoms with Gasteiger partial charge in [-0.15, -0.1) is 0 Å². The molecule has 0 atom stereocenters. The Labute approximate surface area is 203 Å². The summed E-state index contributed by atoms with van der Waals surface area (Å²) in [5.74, 6) is 0.297. The predicted molar refractivity (Wildman–Crippen MR) is 138 cm³/mol. The highest BCUT2D eigenvalue weighted by Crippen LogP contribution is 2.32. The summed E-state index contributed by atoms with van der Waals surface area (Å²) < 4.78 is 5.45. The van der Waals surface area contributed by atoms with Crippen LogP contribution in [-0.4, -0.2) is 47.1 Å². The molecule has 3 heterocycles. The molecule has 3 N–H and O–H groups in total. The highest BCUT2D eigenvalue weighted by atomic mass is 32.1. The van der Waals surface area contributed by atoms with Crippen molar-refractivity contribution in [3.05, 3.63) is 89.8 Å². The van der Waals surface area contributed by atoms with E-state index in [2.05, 4.69) is 27.3 Å². The number of pyridine rings is 1. The summed E-state index contributed by atoms with van der Waals surface area (Å²) in [6, 6.07) is 21.4. The molecule has 1 saturated heterocycles. The molecule has 0 unspecified atom stereocenters. The molecule has 1 fully saturated rings. The molecule has 8 heteroatoms. The molecule has 2 aliphatic heterocycles. The number of hydrogen-bond acceptors (Lipinski definition) is 7. The highest BCUT2D eigenvalue weighted by molar-refractivity contribution is 7.80. The summed E-state index contributed by atoms with van der Waals surface area (Å²) in [6.45, 7) is 3.56. The standard InChI is InChI=1S/C26H25N5O2S/c27-22-11-6-18(16-28-22)17-31-25(32)23(19-4-2-1-3-5-19)24(26(31)34)29-20-7-9-21(10-8-20)30-12-14-33-15-13-30/h1-11,16,29H,12-15,17H2,(H2,27,28). The molecule has 0 bridgehead atoms. The van der Waals surface area contributed by atoms with Gasteiger partial charge in [0.05, 0.1) is 31.0 Å². The van der Waals surface area contributed by atoms with Crippen LogP contribution in [0.25, 0.3) is 5.57 Å². The number of nitrogens with two attached hydrogens (primary N) is 1. The molecule has 7 nitrogen and oxygen atoms in total. The number of aromatic nitrogens is 1. The number of rotatable bonds is 6. The van der Waals surface area contributed by atoms with Gasteiger partial charge in [-0.3, -0.25) is 9.69 Å². The molecular weight excluding hydrogens is 446 g/mol. The zero-order valence-corrected chi connectivity index (χ0v) is 19.4. The number of hydrogen-bond donors (Lipinski definition) is 2. The van der Waals surface area contributed by atoms with E-state index in [1.807, 2.05) is 48.5 Å². The molecular formula is C26H25N5O2S. The van der Waals surface area contributed by atoms with E-state index < -0.39 is 0 Å². The van der Waals surface area contributed by atoms with Gasteiger partial charge in [-0.2, -0.15) is 0 Å². The fourth-order valence-corrected chi connectivity index (χ4v) is 4.44. The first-order valence-electron chi connectivity index (χ1n) is 11.2. The lowest BCUT2D eigenvalue weighted by Gasteiger charge is -2.29. The van der Waals surface area contributed by atoms with Crippen molar-refractivity contribution < 1.29 is 9.53 Å². The number of nitrogens with one attached hydrogen (secondary N) is 1. The number of nitrogen functional groups attached to an aromatic ring is 1. The lowest BCUT2D eigenvalue weighted by Crippen LogP contribution is -2.36. The Morgan fingerprint density at radius 1 is 1.00 bits per heavy atom. The first-order chi connectivity index (χ1) is 16.6. The van der Waals surface area contributed by atoms with E-state index in [1.54, 1.807) is 17.2 Å². The first kappa shape index (κ1) is 22.1. The van der Waals surface area contributed by atoms with Crippen molar-refractivity contribution in [3.8, 4) is 0 Å². The van der Waals surface area contributed by atoms with Gasteiger partial charge in [-0.05, 0) is 41.5 Å². The molecule has 0 saturated carbocycles. The van der Waals surface area contributed by atoms with Gasteiger partial charge in [-0.1, -0.05) is 48.6 Å². The Bertz CT molecular complexity index is 1220. The largest absolute Gasteiger partial charge is 0.384 e. The van der Waals surface area contributed by atoms with Crippen LogP contribution in [0.4, 0.5) is 17.2 Å². The number of carbonyl (C=O) groups excluding carboxylic acids is 1. The average Bonchev–Trinajstić information content (AvgIpc) is 3.11. The molecule has 5 rings (SSSR count). The van der Waals surface area contributed by atoms with E-state index in [-0.39, 0.29) is 5.91 Å². The zero-order valence-electron chi connectivity index (χ0n) is 18.6. The summed E-state index contributed by atoms with van der Waals surface area (Å²) in [4.78, 5) is 22.0. The van der Waals surface area contributed by atoms with Crippen LogP contribution in [0, 0.1) is 0 Å². The summed E-state index contributed by atoms with van der Waals surface area (Å²) in [5.41, 5.74) is 10.6. The van der Waals surface area contributed by atoms with Crippen LogP contribution in [-0.2, 0) is 16.1 Å². The van der Waals surface area contributed by atoms with Crippen LogP contribution in [0.15, 0.2) is 78.6 Å². The van der Waals surface area contributed by atoms with Crippen molar-refractivity contribution in [2.75, 3.05) is 42.3 Å². The normalized spacial score (nSPS) is 16.4. The van der Waals surface area contributed by atoms with Gasteiger partial charge in [0.1, 0.15) is 10.8 Å². The maximum atomic E-state index is 13.5. The van der Waals surface area contributed by atoms with Crippen LogP contribution < -0.4 is 16.0 Å². The molecule has 0 radical (unpaired) electrons. The number of amides is 1. The van der Waals surface area contributed by atoms with E-state index in [0.717, 1.165) is 48.8 Å². The van der Waals surface area contributed by atoms with E-state index in [0.29, 0.717) is 28.6 Å². The highest BCUT2D eigenvalue weighted by Gasteiger charge is 2.36. The number of nitrogens with zero attached hydrogens (tertiary/aromatic N) is 3. The number of carbonyl (C=O) groups is 1. The number of ether oxygens (including phenoxy) is 1. The molecule has 3 aromatic rings. The molecule has 34 heavy (non-hydrogen) atoms. The Balaban J connectivity index is 1.43. The molecule has 2 aliphatic rings. The van der Waals surface area contributed by atoms with Crippen LogP contribution in [0.1, 0.15) is 11.1 Å². The van der Waals surface area contributed by atoms with Crippen molar-refractivity contribution in [2.45, 2.75) is 6.54 Å². The van der Waals surface area contributed by atoms with E-state index in [9.17, 15) is 4.79 Å². The second-order valence-electron chi connectivity index (χ2n) is 8.18. The lowest BCUT2D eigenvalue weighted by molar-refractivity contribution is -0.121. The Hall–Kier alpha value is -3.75. The predicted octanol–water partition coefficient (Wildman–Crippen LogP) is 3.69. The van der Waals surface area contributed by atoms with E-state index in [1.165, 1.54) is 0 Å². The molecule has 1 amide bonds. The lowest BCUT2D eigenvalue weighted by atomic mass is 10.0. The van der Waals surface area contributed by atoms with Gasteiger partial charge in [0.25, 0.3) is 5.91 Å². The third kappa shape index (κ3) is 4.50. The third-order valence-corrected chi connectivity index (χ3v) is 6.36. The molecule has 0 spiro atoms. The summed E-state index contributed by atoms with van der Waals surface area (Å²) in [5, 5.41) is 3.42. The topological polar surface area (TPSA) is 83.7 Å². The number of anilines is 3. The summed E-state index contributed by atoms with van der Waals surface area (Å²) in [6.07, 6.45) is 1.67. The molecule has 0 aliphatic carbocycles. The first-order valence-corrected chi connectivity index (χ1v) is 11.6. The molecule has 2 aromatic carbocycles. The monoisotopic (exact) mass is 471 g/mol. The fourth-order valence-electron chi connectivity index (χ4n) is 4.14. The Morgan fingerprint density at radius 2 is 1.74 bits per heavy atom. The van der Waals surface area contributed by atoms with Gasteiger partial charge in [-0.25, -0.2) is 4.98 Å². The maximum absolute atomic E-state index is 13.5. The van der Waals surface area contributed by atoms with Crippen LogP contribution >= 0.6 is 12.2 Å². The van der Waals surface area contributed by atoms with E-state index >= 15 is 0 Å². The van der Waals surface area contributed by atoms with Gasteiger partial charge < -0.3 is 20.7 Å². The molecule has 172 valence electrons. The second-order valence-corrected chi connectivity index (χ2v) is 8.56. The zero-order chi connectivity index (χ0) is 23.5. The maximum Gasteiger partial charge on any atom is 0.262 e. The average molecular weight is 472 g/mol. The fraction of sp³-hybridized carbons (Fsp3) is 0.192. The van der Waals surface area contributed by atoms with Crippen LogP contribution in [0.2, 0.25) is 0 Å². The van der Waals surface area contributed by atoms with Gasteiger partial charge >= 0.3 is 0 Å². The van der Waals surface area contributed by atoms with Crippen LogP contribution in [0.5, 0.6) is 0 Å². The van der Waals surface area contributed by atoms with Crippen LogP contribution in [0.3, 0.4) is 0 Å². The van der Waals surface area contributed by atoms with Crippen molar-refractivity contribution in [2.24, 2.45) is 0 Å². The number of benzene rings is 2. The van der Waals surface area contributed by atoms with Crippen molar-refractivity contribution >= 4 is 45.9 Å².